The van der Waals surface area contributed by atoms with E-state index in [0.717, 1.165) is 27.5 Å². The number of halogens is 1. The summed E-state index contributed by atoms with van der Waals surface area (Å²) in [6, 6.07) is 16.1. The minimum atomic E-state index is 0.698. The third-order valence-electron chi connectivity index (χ3n) is 3.86. The first kappa shape index (κ1) is 16.1. The van der Waals surface area contributed by atoms with Gasteiger partial charge in [-0.15, -0.1) is 11.8 Å². The van der Waals surface area contributed by atoms with Crippen molar-refractivity contribution in [3.8, 4) is 5.69 Å². The van der Waals surface area contributed by atoms with Crippen LogP contribution in [0.2, 0.25) is 5.02 Å². The molecule has 0 spiro atoms. The highest BCUT2D eigenvalue weighted by Crippen LogP contribution is 2.28. The Bertz CT molecular complexity index is 1030. The Balaban J connectivity index is 1.66. The number of nitrogens with zero attached hydrogens (tertiary/aromatic N) is 4. The molecule has 0 saturated carbocycles. The first-order valence-corrected chi connectivity index (χ1v) is 9.20. The fourth-order valence-electron chi connectivity index (χ4n) is 2.66. The van der Waals surface area contributed by atoms with Gasteiger partial charge < -0.3 is 0 Å². The van der Waals surface area contributed by atoms with Crippen LogP contribution >= 0.6 is 23.4 Å². The second-order valence-electron chi connectivity index (χ2n) is 5.73. The summed E-state index contributed by atoms with van der Waals surface area (Å²) < 4.78 is 1.81. The van der Waals surface area contributed by atoms with Crippen LogP contribution in [0.15, 0.2) is 66.1 Å². The van der Waals surface area contributed by atoms with Crippen molar-refractivity contribution in [2.75, 3.05) is 0 Å². The molecule has 0 saturated heterocycles. The van der Waals surface area contributed by atoms with E-state index in [0.29, 0.717) is 5.02 Å². The molecule has 2 aromatic carbocycles. The summed E-state index contributed by atoms with van der Waals surface area (Å²) in [4.78, 5) is 8.86. The van der Waals surface area contributed by atoms with E-state index in [1.54, 1.807) is 18.1 Å². The highest BCUT2D eigenvalue weighted by atomic mass is 35.5. The number of hydrogen-bond donors (Lipinski definition) is 0. The van der Waals surface area contributed by atoms with Crippen molar-refractivity contribution >= 4 is 34.4 Å². The Morgan fingerprint density at radius 3 is 2.72 bits per heavy atom. The second-order valence-corrected chi connectivity index (χ2v) is 7.13. The van der Waals surface area contributed by atoms with Crippen LogP contribution < -0.4 is 0 Å². The van der Waals surface area contributed by atoms with E-state index in [9.17, 15) is 0 Å². The number of thioether (sulfide) groups is 1. The Labute approximate surface area is 154 Å². The summed E-state index contributed by atoms with van der Waals surface area (Å²) in [5.41, 5.74) is 4.26. The molecule has 6 heteroatoms. The molecule has 124 valence electrons. The lowest BCUT2D eigenvalue weighted by Crippen LogP contribution is -1.97. The van der Waals surface area contributed by atoms with Crippen molar-refractivity contribution in [1.82, 2.24) is 19.7 Å². The molecular weight excluding hydrogens is 352 g/mol. The molecule has 4 aromatic rings. The molecule has 0 radical (unpaired) electrons. The van der Waals surface area contributed by atoms with E-state index in [-0.39, 0.29) is 0 Å². The fraction of sp³-hybridized carbons (Fsp3) is 0.105. The molecule has 0 fully saturated rings. The van der Waals surface area contributed by atoms with Crippen LogP contribution in [-0.2, 0) is 5.75 Å². The molecule has 0 N–H and O–H groups in total. The first-order valence-electron chi connectivity index (χ1n) is 7.84. The molecule has 4 rings (SSSR count). The van der Waals surface area contributed by atoms with Gasteiger partial charge in [-0.25, -0.2) is 14.6 Å². The molecule has 0 unspecified atom stereocenters. The predicted octanol–water partition coefficient (Wildman–Crippen LogP) is 5.07. The van der Waals surface area contributed by atoms with Crippen LogP contribution in [0.5, 0.6) is 0 Å². The summed E-state index contributed by atoms with van der Waals surface area (Å²) >= 11 is 7.67. The van der Waals surface area contributed by atoms with Gasteiger partial charge in [0, 0.05) is 10.8 Å². The van der Waals surface area contributed by atoms with Crippen LogP contribution in [0.25, 0.3) is 16.7 Å². The molecule has 2 heterocycles. The lowest BCUT2D eigenvalue weighted by molar-refractivity contribution is 0.893. The van der Waals surface area contributed by atoms with Gasteiger partial charge in [-0.3, -0.25) is 0 Å². The SMILES string of the molecule is Cc1cccc(CSc2ncnc3c2cnn3-c2ccc(Cl)cc2)c1. The summed E-state index contributed by atoms with van der Waals surface area (Å²) in [6.45, 7) is 2.10. The maximum Gasteiger partial charge on any atom is 0.167 e. The molecule has 0 aliphatic heterocycles. The zero-order valence-corrected chi connectivity index (χ0v) is 15.1. The minimum absolute atomic E-state index is 0.698. The lowest BCUT2D eigenvalue weighted by Gasteiger charge is -2.05. The van der Waals surface area contributed by atoms with E-state index >= 15 is 0 Å². The monoisotopic (exact) mass is 366 g/mol. The summed E-state index contributed by atoms with van der Waals surface area (Å²) in [6.07, 6.45) is 3.41. The van der Waals surface area contributed by atoms with E-state index in [2.05, 4.69) is 46.3 Å². The molecule has 0 bridgehead atoms. The van der Waals surface area contributed by atoms with Crippen molar-refractivity contribution in [2.24, 2.45) is 0 Å². The number of rotatable bonds is 4. The average Bonchev–Trinajstić information content (AvgIpc) is 3.05. The summed E-state index contributed by atoms with van der Waals surface area (Å²) in [7, 11) is 0. The Hall–Kier alpha value is -2.37. The fourth-order valence-corrected chi connectivity index (χ4v) is 3.69. The maximum atomic E-state index is 5.97. The van der Waals surface area contributed by atoms with Gasteiger partial charge in [-0.2, -0.15) is 5.10 Å². The Morgan fingerprint density at radius 2 is 1.92 bits per heavy atom. The van der Waals surface area contributed by atoms with Gasteiger partial charge in [-0.1, -0.05) is 41.4 Å². The smallest absolute Gasteiger partial charge is 0.167 e. The molecule has 0 aliphatic rings. The van der Waals surface area contributed by atoms with Gasteiger partial charge in [0.05, 0.1) is 17.3 Å². The van der Waals surface area contributed by atoms with Gasteiger partial charge in [0.1, 0.15) is 11.4 Å². The standard InChI is InChI=1S/C19H15ClN4S/c1-13-3-2-4-14(9-13)11-25-19-17-10-23-24(18(17)21-12-22-19)16-7-5-15(20)6-8-16/h2-10,12H,11H2,1H3. The zero-order chi connectivity index (χ0) is 17.2. The van der Waals surface area contributed by atoms with Crippen LogP contribution in [0.4, 0.5) is 0 Å². The van der Waals surface area contributed by atoms with Crippen LogP contribution in [0.1, 0.15) is 11.1 Å². The van der Waals surface area contributed by atoms with E-state index < -0.39 is 0 Å². The van der Waals surface area contributed by atoms with Crippen molar-refractivity contribution in [1.29, 1.82) is 0 Å². The van der Waals surface area contributed by atoms with E-state index in [1.807, 2.05) is 35.1 Å². The van der Waals surface area contributed by atoms with E-state index in [4.69, 9.17) is 11.6 Å². The largest absolute Gasteiger partial charge is 0.229 e. The summed E-state index contributed by atoms with van der Waals surface area (Å²) in [5, 5.41) is 7.07. The molecular formula is C19H15ClN4S. The van der Waals surface area contributed by atoms with Crippen molar-refractivity contribution in [3.05, 3.63) is 77.2 Å². The molecule has 0 amide bonds. The van der Waals surface area contributed by atoms with Crippen LogP contribution in [-0.4, -0.2) is 19.7 Å². The van der Waals surface area contributed by atoms with Crippen molar-refractivity contribution < 1.29 is 0 Å². The number of fused-ring (bicyclic) bond motifs is 1. The highest BCUT2D eigenvalue weighted by molar-refractivity contribution is 7.98. The maximum absolute atomic E-state index is 5.97. The topological polar surface area (TPSA) is 43.6 Å². The Morgan fingerprint density at radius 1 is 1.08 bits per heavy atom. The summed E-state index contributed by atoms with van der Waals surface area (Å²) in [5.74, 6) is 0.861. The van der Waals surface area contributed by atoms with Gasteiger partial charge >= 0.3 is 0 Å². The van der Waals surface area contributed by atoms with Crippen molar-refractivity contribution in [2.45, 2.75) is 17.7 Å². The van der Waals surface area contributed by atoms with Crippen LogP contribution in [0.3, 0.4) is 0 Å². The Kier molecular flexibility index (Phi) is 4.42. The first-order chi connectivity index (χ1) is 12.2. The third kappa shape index (κ3) is 3.38. The predicted molar refractivity (Wildman–Crippen MR) is 102 cm³/mol. The molecule has 0 aliphatic carbocycles. The van der Waals surface area contributed by atoms with Crippen molar-refractivity contribution in [3.63, 3.8) is 0 Å². The molecule has 25 heavy (non-hydrogen) atoms. The van der Waals surface area contributed by atoms with E-state index in [1.165, 1.54) is 11.1 Å². The highest BCUT2D eigenvalue weighted by Gasteiger charge is 2.11. The number of benzene rings is 2. The van der Waals surface area contributed by atoms with Gasteiger partial charge in [-0.05, 0) is 36.8 Å². The quantitative estimate of drug-likeness (QED) is 0.373. The molecule has 4 nitrogen and oxygen atoms in total. The molecule has 0 atom stereocenters. The number of hydrogen-bond acceptors (Lipinski definition) is 4. The number of aryl methyl sites for hydroxylation is 1. The number of aromatic nitrogens is 4. The molecule has 2 aromatic heterocycles. The second kappa shape index (κ2) is 6.86. The minimum Gasteiger partial charge on any atom is -0.229 e. The third-order valence-corrected chi connectivity index (χ3v) is 5.19. The van der Waals surface area contributed by atoms with Gasteiger partial charge in [0.15, 0.2) is 5.65 Å². The van der Waals surface area contributed by atoms with Gasteiger partial charge in [0.25, 0.3) is 0 Å². The normalized spacial score (nSPS) is 11.1. The van der Waals surface area contributed by atoms with Crippen LogP contribution in [0, 0.1) is 6.92 Å². The van der Waals surface area contributed by atoms with Gasteiger partial charge in [0.2, 0.25) is 0 Å². The average molecular weight is 367 g/mol. The lowest BCUT2D eigenvalue weighted by atomic mass is 10.2. The zero-order valence-electron chi connectivity index (χ0n) is 13.6.